The lowest BCUT2D eigenvalue weighted by Crippen LogP contribution is -2.38. The summed E-state index contributed by atoms with van der Waals surface area (Å²) in [5.74, 6) is 0. The maximum absolute atomic E-state index is 11.6. The van der Waals surface area contributed by atoms with E-state index < -0.39 is 0 Å². The van der Waals surface area contributed by atoms with Crippen LogP contribution in [0.2, 0.25) is 0 Å². The molecular formula is C13H22N2O2S. The number of aryl methyl sites for hydroxylation is 1. The van der Waals surface area contributed by atoms with Crippen LogP contribution in [0.4, 0.5) is 4.79 Å². The highest BCUT2D eigenvalue weighted by atomic mass is 32.1. The number of rotatable bonds is 6. The number of hydrogen-bond donors (Lipinski definition) is 3. The molecule has 0 saturated carbocycles. The largest absolute Gasteiger partial charge is 0.393 e. The van der Waals surface area contributed by atoms with E-state index >= 15 is 0 Å². The molecule has 3 N–H and O–H groups in total. The average Bonchev–Trinajstić information content (AvgIpc) is 2.75. The van der Waals surface area contributed by atoms with Crippen LogP contribution < -0.4 is 10.6 Å². The van der Waals surface area contributed by atoms with Gasteiger partial charge in [0.25, 0.3) is 0 Å². The first-order valence-corrected chi connectivity index (χ1v) is 7.13. The fraction of sp³-hybridized carbons (Fsp3) is 0.615. The van der Waals surface area contributed by atoms with Crippen LogP contribution in [0.25, 0.3) is 0 Å². The number of aliphatic hydroxyl groups excluding tert-OH is 1. The van der Waals surface area contributed by atoms with Crippen molar-refractivity contribution >= 4 is 17.4 Å². The van der Waals surface area contributed by atoms with Crippen LogP contribution in [0, 0.1) is 6.92 Å². The Morgan fingerprint density at radius 3 is 2.78 bits per heavy atom. The van der Waals surface area contributed by atoms with Crippen LogP contribution in [0.15, 0.2) is 12.1 Å². The van der Waals surface area contributed by atoms with Crippen molar-refractivity contribution in [3.8, 4) is 0 Å². The molecule has 0 saturated heterocycles. The van der Waals surface area contributed by atoms with Crippen molar-refractivity contribution in [1.29, 1.82) is 0 Å². The molecule has 0 bridgehead atoms. The predicted molar refractivity (Wildman–Crippen MR) is 74.9 cm³/mol. The Hall–Kier alpha value is -1.07. The summed E-state index contributed by atoms with van der Waals surface area (Å²) < 4.78 is 0. The van der Waals surface area contributed by atoms with E-state index in [-0.39, 0.29) is 18.2 Å². The van der Waals surface area contributed by atoms with Crippen LogP contribution in [-0.4, -0.2) is 23.8 Å². The van der Waals surface area contributed by atoms with Crippen molar-refractivity contribution in [1.82, 2.24) is 10.6 Å². The average molecular weight is 270 g/mol. The molecule has 0 fully saturated rings. The van der Waals surface area contributed by atoms with Gasteiger partial charge in [0, 0.05) is 16.3 Å². The minimum atomic E-state index is -0.331. The molecule has 1 rings (SSSR count). The molecule has 102 valence electrons. The maximum Gasteiger partial charge on any atom is 0.315 e. The Morgan fingerprint density at radius 2 is 2.22 bits per heavy atom. The monoisotopic (exact) mass is 270 g/mol. The number of urea groups is 1. The number of aliphatic hydroxyl groups is 1. The molecule has 1 heterocycles. The van der Waals surface area contributed by atoms with Crippen LogP contribution in [0.3, 0.4) is 0 Å². The predicted octanol–water partition coefficient (Wildman–Crippen LogP) is 2.58. The standard InChI is InChI=1S/C13H22N2O2S/c1-4-11(16)7-8-14-13(17)15-10(3)12-6-5-9(2)18-12/h5-6,10-11,16H,4,7-8H2,1-3H3,(H2,14,15,17)/t10-,11+/m1/s1. The van der Waals surface area contributed by atoms with E-state index in [1.807, 2.05) is 32.9 Å². The zero-order chi connectivity index (χ0) is 13.5. The van der Waals surface area contributed by atoms with E-state index in [0.717, 1.165) is 4.88 Å². The molecule has 0 aromatic carbocycles. The van der Waals surface area contributed by atoms with Crippen LogP contribution in [0.1, 0.15) is 42.5 Å². The van der Waals surface area contributed by atoms with Crippen LogP contribution in [0.5, 0.6) is 0 Å². The lowest BCUT2D eigenvalue weighted by atomic mass is 10.2. The third-order valence-electron chi connectivity index (χ3n) is 2.77. The number of amides is 2. The summed E-state index contributed by atoms with van der Waals surface area (Å²) in [5.41, 5.74) is 0. The van der Waals surface area contributed by atoms with E-state index in [0.29, 0.717) is 19.4 Å². The third kappa shape index (κ3) is 5.06. The highest BCUT2D eigenvalue weighted by molar-refractivity contribution is 7.12. The Kier molecular flexibility index (Phi) is 6.15. The normalized spacial score (nSPS) is 14.0. The Balaban J connectivity index is 2.27. The molecule has 18 heavy (non-hydrogen) atoms. The first-order valence-electron chi connectivity index (χ1n) is 6.31. The van der Waals surface area contributed by atoms with E-state index in [1.165, 1.54) is 4.88 Å². The van der Waals surface area contributed by atoms with E-state index in [4.69, 9.17) is 0 Å². The van der Waals surface area contributed by atoms with Gasteiger partial charge in [-0.3, -0.25) is 0 Å². The van der Waals surface area contributed by atoms with Gasteiger partial charge in [-0.25, -0.2) is 4.79 Å². The number of hydrogen-bond acceptors (Lipinski definition) is 3. The quantitative estimate of drug-likeness (QED) is 0.744. The lowest BCUT2D eigenvalue weighted by Gasteiger charge is -2.14. The second kappa shape index (κ2) is 7.38. The molecule has 0 aliphatic carbocycles. The van der Waals surface area contributed by atoms with Gasteiger partial charge >= 0.3 is 6.03 Å². The van der Waals surface area contributed by atoms with Gasteiger partial charge in [0.05, 0.1) is 12.1 Å². The van der Waals surface area contributed by atoms with Gasteiger partial charge in [-0.1, -0.05) is 6.92 Å². The summed E-state index contributed by atoms with van der Waals surface area (Å²) in [7, 11) is 0. The summed E-state index contributed by atoms with van der Waals surface area (Å²) in [6.45, 7) is 6.43. The van der Waals surface area contributed by atoms with Gasteiger partial charge in [-0.15, -0.1) is 11.3 Å². The van der Waals surface area contributed by atoms with Crippen LogP contribution >= 0.6 is 11.3 Å². The highest BCUT2D eigenvalue weighted by Gasteiger charge is 2.11. The summed E-state index contributed by atoms with van der Waals surface area (Å²) in [4.78, 5) is 14.0. The molecule has 0 unspecified atom stereocenters. The van der Waals surface area contributed by atoms with Crippen LogP contribution in [-0.2, 0) is 0 Å². The Bertz CT molecular complexity index is 379. The number of nitrogens with one attached hydrogen (secondary N) is 2. The molecule has 0 aliphatic rings. The molecule has 2 atom stereocenters. The highest BCUT2D eigenvalue weighted by Crippen LogP contribution is 2.21. The van der Waals surface area contributed by atoms with E-state index in [1.54, 1.807) is 11.3 Å². The van der Waals surface area contributed by atoms with Gasteiger partial charge in [-0.2, -0.15) is 0 Å². The van der Waals surface area contributed by atoms with Gasteiger partial charge in [-0.05, 0) is 38.8 Å². The molecule has 1 aromatic rings. The van der Waals surface area contributed by atoms with Crippen molar-refractivity contribution in [3.63, 3.8) is 0 Å². The maximum atomic E-state index is 11.6. The topological polar surface area (TPSA) is 61.4 Å². The smallest absolute Gasteiger partial charge is 0.315 e. The molecule has 2 amide bonds. The fourth-order valence-electron chi connectivity index (χ4n) is 1.56. The minimum Gasteiger partial charge on any atom is -0.393 e. The molecule has 1 aromatic heterocycles. The van der Waals surface area contributed by atoms with E-state index in [2.05, 4.69) is 10.6 Å². The Labute approximate surface area is 112 Å². The summed E-state index contributed by atoms with van der Waals surface area (Å²) >= 11 is 1.69. The lowest BCUT2D eigenvalue weighted by molar-refractivity contribution is 0.160. The van der Waals surface area contributed by atoms with E-state index in [9.17, 15) is 9.90 Å². The molecule has 5 heteroatoms. The van der Waals surface area contributed by atoms with Crippen molar-refractivity contribution in [2.75, 3.05) is 6.54 Å². The summed E-state index contributed by atoms with van der Waals surface area (Å²) in [5, 5.41) is 15.0. The molecule has 0 radical (unpaired) electrons. The second-order valence-electron chi connectivity index (χ2n) is 4.42. The molecule has 4 nitrogen and oxygen atoms in total. The number of thiophene rings is 1. The van der Waals surface area contributed by atoms with Gasteiger partial charge in [0.2, 0.25) is 0 Å². The van der Waals surface area contributed by atoms with Gasteiger partial charge in [0.1, 0.15) is 0 Å². The Morgan fingerprint density at radius 1 is 1.50 bits per heavy atom. The number of carbonyl (C=O) groups excluding carboxylic acids is 1. The second-order valence-corrected chi connectivity index (χ2v) is 5.74. The number of carbonyl (C=O) groups is 1. The minimum absolute atomic E-state index is 0.0137. The summed E-state index contributed by atoms with van der Waals surface area (Å²) in [6.07, 6.45) is 0.979. The van der Waals surface area contributed by atoms with Gasteiger partial charge < -0.3 is 15.7 Å². The van der Waals surface area contributed by atoms with Gasteiger partial charge in [0.15, 0.2) is 0 Å². The fourth-order valence-corrected chi connectivity index (χ4v) is 2.44. The third-order valence-corrected chi connectivity index (χ3v) is 3.95. The van der Waals surface area contributed by atoms with Crippen molar-refractivity contribution in [3.05, 3.63) is 21.9 Å². The van der Waals surface area contributed by atoms with Crippen molar-refractivity contribution in [2.45, 2.75) is 45.8 Å². The zero-order valence-corrected chi connectivity index (χ0v) is 12.0. The molecule has 0 aliphatic heterocycles. The first kappa shape index (κ1) is 15.0. The zero-order valence-electron chi connectivity index (χ0n) is 11.2. The summed E-state index contributed by atoms with van der Waals surface area (Å²) in [6, 6.07) is 3.91. The molecule has 0 spiro atoms. The van der Waals surface area contributed by atoms with Crippen molar-refractivity contribution < 1.29 is 9.90 Å². The first-order chi connectivity index (χ1) is 8.52. The molecular weight excluding hydrogens is 248 g/mol. The van der Waals surface area contributed by atoms with Crippen molar-refractivity contribution in [2.24, 2.45) is 0 Å². The SMILES string of the molecule is CC[C@H](O)CCNC(=O)N[C@H](C)c1ccc(C)s1.